The van der Waals surface area contributed by atoms with E-state index in [1.807, 2.05) is 19.1 Å². The predicted molar refractivity (Wildman–Crippen MR) is 121 cm³/mol. The highest BCUT2D eigenvalue weighted by molar-refractivity contribution is 5.85. The first-order chi connectivity index (χ1) is 15.3. The van der Waals surface area contributed by atoms with Crippen molar-refractivity contribution >= 4 is 16.9 Å². The zero-order chi connectivity index (χ0) is 23.0. The van der Waals surface area contributed by atoms with Crippen molar-refractivity contribution in [2.75, 3.05) is 14.2 Å². The van der Waals surface area contributed by atoms with Gasteiger partial charge in [-0.05, 0) is 74.1 Å². The van der Waals surface area contributed by atoms with Crippen molar-refractivity contribution in [3.05, 3.63) is 62.5 Å². The number of hydrogen-bond acceptors (Lipinski definition) is 6. The summed E-state index contributed by atoms with van der Waals surface area (Å²) in [5, 5.41) is 13.7. The molecule has 7 nitrogen and oxygen atoms in total. The summed E-state index contributed by atoms with van der Waals surface area (Å²) in [7, 11) is 3.20. The van der Waals surface area contributed by atoms with Crippen molar-refractivity contribution < 1.29 is 23.8 Å². The van der Waals surface area contributed by atoms with E-state index in [0.29, 0.717) is 28.2 Å². The highest BCUT2D eigenvalue weighted by Crippen LogP contribution is 2.39. The molecule has 0 unspecified atom stereocenters. The van der Waals surface area contributed by atoms with E-state index in [9.17, 15) is 14.7 Å². The Kier molecular flexibility index (Phi) is 5.82. The Hall–Kier alpha value is -3.48. The minimum absolute atomic E-state index is 0.0817. The van der Waals surface area contributed by atoms with Crippen molar-refractivity contribution in [1.29, 1.82) is 0 Å². The van der Waals surface area contributed by atoms with E-state index in [1.54, 1.807) is 33.3 Å². The van der Waals surface area contributed by atoms with Gasteiger partial charge in [-0.2, -0.15) is 0 Å². The number of carbonyl (C=O) groups excluding carboxylic acids is 1. The number of carbonyl (C=O) groups is 1. The van der Waals surface area contributed by atoms with Crippen LogP contribution in [-0.2, 0) is 17.6 Å². The fourth-order valence-electron chi connectivity index (χ4n) is 4.46. The fourth-order valence-corrected chi connectivity index (χ4v) is 4.46. The van der Waals surface area contributed by atoms with Gasteiger partial charge in [0, 0.05) is 22.9 Å². The van der Waals surface area contributed by atoms with Gasteiger partial charge >= 0.3 is 5.63 Å². The monoisotopic (exact) mass is 437 g/mol. The summed E-state index contributed by atoms with van der Waals surface area (Å²) < 4.78 is 16.2. The van der Waals surface area contributed by atoms with Crippen LogP contribution in [0.2, 0.25) is 0 Å². The number of fused-ring (bicyclic) bond motifs is 2. The summed E-state index contributed by atoms with van der Waals surface area (Å²) in [4.78, 5) is 25.3. The Morgan fingerprint density at radius 2 is 1.88 bits per heavy atom. The number of ether oxygens (including phenoxy) is 2. The maximum Gasteiger partial charge on any atom is 0.339 e. The second-order valence-corrected chi connectivity index (χ2v) is 8.14. The number of phenols is 1. The number of methoxy groups -OCH3 is 2. The molecule has 1 aliphatic carbocycles. The Morgan fingerprint density at radius 3 is 2.59 bits per heavy atom. The number of benzene rings is 2. The lowest BCUT2D eigenvalue weighted by molar-refractivity contribution is -0.121. The van der Waals surface area contributed by atoms with Crippen LogP contribution in [0.25, 0.3) is 11.0 Å². The number of amides is 1. The van der Waals surface area contributed by atoms with E-state index in [0.717, 1.165) is 34.9 Å². The van der Waals surface area contributed by atoms with E-state index in [1.165, 1.54) is 0 Å². The molecule has 1 atom stereocenters. The normalized spacial score (nSPS) is 14.9. The van der Waals surface area contributed by atoms with Gasteiger partial charge in [0.15, 0.2) is 11.5 Å². The predicted octanol–water partition coefficient (Wildman–Crippen LogP) is 3.87. The molecule has 1 aromatic heterocycles. The lowest BCUT2D eigenvalue weighted by Gasteiger charge is -2.16. The Bertz CT molecular complexity index is 1260. The van der Waals surface area contributed by atoms with Crippen molar-refractivity contribution in [3.63, 3.8) is 0 Å². The van der Waals surface area contributed by atoms with Gasteiger partial charge in [0.2, 0.25) is 5.91 Å². The molecule has 32 heavy (non-hydrogen) atoms. The SMILES string of the molecule is COc1cc2c(cc1OC)[C@H](NC(=O)CCc1c(C)c3ccc(O)c(C)c3oc1=O)CC2. The van der Waals surface area contributed by atoms with Gasteiger partial charge in [0.25, 0.3) is 0 Å². The summed E-state index contributed by atoms with van der Waals surface area (Å²) in [5.41, 5.74) is 3.86. The highest BCUT2D eigenvalue weighted by Gasteiger charge is 2.26. The smallest absolute Gasteiger partial charge is 0.339 e. The van der Waals surface area contributed by atoms with Crippen molar-refractivity contribution in [2.24, 2.45) is 0 Å². The molecular weight excluding hydrogens is 410 g/mol. The molecule has 168 valence electrons. The van der Waals surface area contributed by atoms with Gasteiger partial charge in [-0.3, -0.25) is 4.79 Å². The van der Waals surface area contributed by atoms with Crippen molar-refractivity contribution in [3.8, 4) is 17.2 Å². The minimum Gasteiger partial charge on any atom is -0.508 e. The van der Waals surface area contributed by atoms with Gasteiger partial charge in [0.1, 0.15) is 11.3 Å². The molecule has 0 saturated carbocycles. The molecule has 1 aliphatic rings. The second-order valence-electron chi connectivity index (χ2n) is 8.14. The zero-order valence-corrected chi connectivity index (χ0v) is 18.7. The summed E-state index contributed by atoms with van der Waals surface area (Å²) in [6, 6.07) is 7.10. The van der Waals surface area contributed by atoms with Crippen LogP contribution in [0.4, 0.5) is 0 Å². The molecule has 0 saturated heterocycles. The van der Waals surface area contributed by atoms with Gasteiger partial charge in [-0.15, -0.1) is 0 Å². The molecule has 0 fully saturated rings. The number of aromatic hydroxyl groups is 1. The van der Waals surface area contributed by atoms with Crippen LogP contribution in [0.5, 0.6) is 17.2 Å². The van der Waals surface area contributed by atoms with Crippen molar-refractivity contribution in [1.82, 2.24) is 5.32 Å². The average Bonchev–Trinajstić information content (AvgIpc) is 3.16. The Morgan fingerprint density at radius 1 is 1.16 bits per heavy atom. The van der Waals surface area contributed by atoms with Gasteiger partial charge in [-0.25, -0.2) is 4.79 Å². The number of phenolic OH excluding ortho intramolecular Hbond substituents is 1. The molecule has 1 heterocycles. The second kappa shape index (κ2) is 8.57. The van der Waals surface area contributed by atoms with Crippen molar-refractivity contribution in [2.45, 2.75) is 45.6 Å². The molecular formula is C25H27NO6. The third-order valence-electron chi connectivity index (χ3n) is 6.34. The quantitative estimate of drug-likeness (QED) is 0.568. The van der Waals surface area contributed by atoms with Crippen LogP contribution in [0.1, 0.15) is 46.7 Å². The first-order valence-electron chi connectivity index (χ1n) is 10.6. The van der Waals surface area contributed by atoms with E-state index < -0.39 is 5.63 Å². The minimum atomic E-state index is -0.473. The van der Waals surface area contributed by atoms with Crippen LogP contribution >= 0.6 is 0 Å². The van der Waals surface area contributed by atoms with Gasteiger partial charge < -0.3 is 24.3 Å². The zero-order valence-electron chi connectivity index (χ0n) is 18.7. The summed E-state index contributed by atoms with van der Waals surface area (Å²) in [6.07, 6.45) is 2.10. The van der Waals surface area contributed by atoms with Crippen LogP contribution in [-0.4, -0.2) is 25.2 Å². The third-order valence-corrected chi connectivity index (χ3v) is 6.34. The highest BCUT2D eigenvalue weighted by atomic mass is 16.5. The fraction of sp³-hybridized carbons (Fsp3) is 0.360. The van der Waals surface area contributed by atoms with E-state index in [-0.39, 0.29) is 30.5 Å². The molecule has 4 rings (SSSR count). The number of rotatable bonds is 6. The Balaban J connectivity index is 1.50. The standard InChI is InChI=1S/C25H27NO6/c1-13-16-6-9-20(27)14(2)24(16)32-25(29)17(13)7-10-23(28)26-19-8-5-15-11-21(30-3)22(31-4)12-18(15)19/h6,9,11-12,19,27H,5,7-8,10H2,1-4H3,(H,26,28)/t19-/m1/s1. The molecule has 1 amide bonds. The van der Waals surface area contributed by atoms with Crippen LogP contribution in [0, 0.1) is 13.8 Å². The number of nitrogens with one attached hydrogen (secondary N) is 1. The third kappa shape index (κ3) is 3.79. The van der Waals surface area contributed by atoms with Crippen LogP contribution in [0.15, 0.2) is 33.5 Å². The molecule has 0 radical (unpaired) electrons. The first-order valence-corrected chi connectivity index (χ1v) is 10.6. The summed E-state index contributed by atoms with van der Waals surface area (Å²) in [6.45, 7) is 3.55. The van der Waals surface area contributed by atoms with Crippen LogP contribution in [0.3, 0.4) is 0 Å². The summed E-state index contributed by atoms with van der Waals surface area (Å²) in [5.74, 6) is 1.27. The van der Waals surface area contributed by atoms with E-state index in [4.69, 9.17) is 13.9 Å². The lowest BCUT2D eigenvalue weighted by Crippen LogP contribution is -2.28. The molecule has 3 aromatic rings. The largest absolute Gasteiger partial charge is 0.508 e. The van der Waals surface area contributed by atoms with E-state index in [2.05, 4.69) is 5.32 Å². The van der Waals surface area contributed by atoms with Gasteiger partial charge in [-0.1, -0.05) is 0 Å². The van der Waals surface area contributed by atoms with Crippen LogP contribution < -0.4 is 20.4 Å². The molecule has 2 aromatic carbocycles. The maximum absolute atomic E-state index is 12.7. The molecule has 7 heteroatoms. The molecule has 0 spiro atoms. The van der Waals surface area contributed by atoms with E-state index >= 15 is 0 Å². The molecule has 0 bridgehead atoms. The number of aryl methyl sites for hydroxylation is 3. The lowest BCUT2D eigenvalue weighted by atomic mass is 10.00. The molecule has 0 aliphatic heterocycles. The topological polar surface area (TPSA) is 98.0 Å². The maximum atomic E-state index is 12.7. The Labute approximate surface area is 186 Å². The molecule has 2 N–H and O–H groups in total. The first kappa shape index (κ1) is 21.7. The summed E-state index contributed by atoms with van der Waals surface area (Å²) >= 11 is 0. The number of hydrogen-bond donors (Lipinski definition) is 2. The van der Waals surface area contributed by atoms with Gasteiger partial charge in [0.05, 0.1) is 20.3 Å². The average molecular weight is 437 g/mol.